The Morgan fingerprint density at radius 3 is 2.12 bits per heavy atom. The molecule has 0 saturated heterocycles. The molecule has 0 spiro atoms. The van der Waals surface area contributed by atoms with Gasteiger partial charge >= 0.3 is 0 Å². The Balaban J connectivity index is 0. The molecule has 0 aromatic heterocycles. The molecule has 0 aromatic carbocycles. The largest absolute Gasteiger partial charge is 0.487 e. The van der Waals surface area contributed by atoms with Gasteiger partial charge in [0.1, 0.15) is 0 Å². The number of aliphatic carboxylic acids is 1. The molecule has 0 aliphatic rings. The summed E-state index contributed by atoms with van der Waals surface area (Å²) in [5.74, 6) is -0.991. The van der Waals surface area contributed by atoms with Crippen LogP contribution in [0.3, 0.4) is 0 Å². The molecule has 1 radical (unpaired) electrons. The van der Waals surface area contributed by atoms with Gasteiger partial charge in [0.2, 0.25) is 0 Å². The first-order valence-electron chi connectivity index (χ1n) is 1.77. The summed E-state index contributed by atoms with van der Waals surface area (Å²) >= 11 is 0. The zero-order chi connectivity index (χ0) is 5.86. The van der Waals surface area contributed by atoms with Crippen LogP contribution in [0.1, 0.15) is 0 Å². The van der Waals surface area contributed by atoms with Crippen molar-refractivity contribution in [3.05, 3.63) is 14.0 Å². The van der Waals surface area contributed by atoms with Gasteiger partial charge in [-0.15, -0.1) is 0 Å². The van der Waals surface area contributed by atoms with Crippen molar-refractivity contribution in [3.8, 4) is 0 Å². The van der Waals surface area contributed by atoms with Crippen molar-refractivity contribution < 1.29 is 42.6 Å². The van der Waals surface area contributed by atoms with Crippen LogP contribution in [0.25, 0.3) is 0 Å². The van der Waals surface area contributed by atoms with Crippen molar-refractivity contribution in [3.63, 3.8) is 0 Å². The zero-order valence-electron chi connectivity index (χ0n) is 4.42. The Kier molecular flexibility index (Phi) is 8.04. The van der Waals surface area contributed by atoms with Crippen LogP contribution in [0.2, 0.25) is 0 Å². The summed E-state index contributed by atoms with van der Waals surface area (Å²) in [6, 6.07) is -0.792. The fourth-order valence-corrected chi connectivity index (χ4v) is 0.0873. The first-order valence-corrected chi connectivity index (χ1v) is 1.77. The maximum atomic E-state index is 9.77. The Bertz CT molecular complexity index is 76.4. The van der Waals surface area contributed by atoms with Gasteiger partial charge in [-0.3, -0.25) is 11.8 Å². The molecular formula is C4H7NO2Y-2. The SMILES string of the molecule is [CH2-]NC([CH2-])C(=O)O.[Y]. The average Bonchev–Trinajstić information content (AvgIpc) is 1.65. The first kappa shape index (κ1) is 11.3. The monoisotopic (exact) mass is 190 g/mol. The van der Waals surface area contributed by atoms with Crippen LogP contribution in [0.4, 0.5) is 0 Å². The number of hydrogen-bond donors (Lipinski definition) is 2. The number of nitrogens with one attached hydrogen (secondary N) is 1. The molecule has 0 fully saturated rings. The molecule has 45 valence electrons. The van der Waals surface area contributed by atoms with E-state index in [0.29, 0.717) is 0 Å². The van der Waals surface area contributed by atoms with Crippen LogP contribution in [0, 0.1) is 14.0 Å². The number of carboxylic acid groups (broad SMARTS) is 1. The summed E-state index contributed by atoms with van der Waals surface area (Å²) in [7, 11) is 3.11. The van der Waals surface area contributed by atoms with E-state index in [4.69, 9.17) is 5.11 Å². The van der Waals surface area contributed by atoms with Gasteiger partial charge in [-0.2, -0.15) is 0 Å². The molecular weight excluding hydrogens is 183 g/mol. The molecule has 0 rings (SSSR count). The van der Waals surface area contributed by atoms with Crippen molar-refractivity contribution in [2.75, 3.05) is 0 Å². The Morgan fingerprint density at radius 2 is 2.12 bits per heavy atom. The van der Waals surface area contributed by atoms with Gasteiger partial charge in [-0.25, -0.2) is 0 Å². The average molecular weight is 190 g/mol. The Hall–Kier alpha value is 0.534. The molecule has 0 aliphatic heterocycles. The van der Waals surface area contributed by atoms with Crippen molar-refractivity contribution in [1.82, 2.24) is 5.32 Å². The topological polar surface area (TPSA) is 49.3 Å². The third-order valence-electron chi connectivity index (χ3n) is 0.544. The molecule has 0 amide bonds. The van der Waals surface area contributed by atoms with Crippen LogP contribution in [-0.2, 0) is 37.5 Å². The zero-order valence-corrected chi connectivity index (χ0v) is 7.26. The van der Waals surface area contributed by atoms with E-state index < -0.39 is 12.0 Å². The minimum Gasteiger partial charge on any atom is -0.487 e. The summed E-state index contributed by atoms with van der Waals surface area (Å²) in [6.07, 6.45) is 0. The van der Waals surface area contributed by atoms with Crippen LogP contribution in [-0.4, -0.2) is 17.1 Å². The molecule has 0 saturated carbocycles. The van der Waals surface area contributed by atoms with Crippen molar-refractivity contribution >= 4 is 5.97 Å². The van der Waals surface area contributed by atoms with Gasteiger partial charge in [0, 0.05) is 32.7 Å². The molecule has 3 nitrogen and oxygen atoms in total. The van der Waals surface area contributed by atoms with Gasteiger partial charge in [-0.05, 0) is 0 Å². The second-order valence-corrected chi connectivity index (χ2v) is 1.09. The van der Waals surface area contributed by atoms with Crippen molar-refractivity contribution in [2.24, 2.45) is 0 Å². The predicted octanol–water partition coefficient (Wildman–Crippen LogP) is -0.348. The summed E-state index contributed by atoms with van der Waals surface area (Å²) in [6.45, 7) is 3.18. The van der Waals surface area contributed by atoms with Gasteiger partial charge in [-0.1, -0.05) is 6.04 Å². The molecule has 1 unspecified atom stereocenters. The molecule has 0 bridgehead atoms. The standard InChI is InChI=1S/C4H7NO2.Y/c1-3(5-2)4(6)7;/h3,5H,1-2H2,(H,6,7);/q-2;. The number of rotatable bonds is 2. The quantitative estimate of drug-likeness (QED) is 0.585. The van der Waals surface area contributed by atoms with E-state index in [9.17, 15) is 4.79 Å². The molecule has 0 aliphatic carbocycles. The number of hydrogen-bond acceptors (Lipinski definition) is 2. The number of carboxylic acids is 1. The van der Waals surface area contributed by atoms with E-state index in [1.807, 2.05) is 0 Å². The van der Waals surface area contributed by atoms with E-state index in [-0.39, 0.29) is 32.7 Å². The van der Waals surface area contributed by atoms with Gasteiger partial charge in [0.15, 0.2) is 0 Å². The van der Waals surface area contributed by atoms with Crippen LogP contribution in [0.15, 0.2) is 0 Å². The van der Waals surface area contributed by atoms with Crippen LogP contribution in [0.5, 0.6) is 0 Å². The van der Waals surface area contributed by atoms with Crippen LogP contribution >= 0.6 is 0 Å². The molecule has 0 aromatic rings. The molecule has 2 N–H and O–H groups in total. The minimum atomic E-state index is -0.991. The van der Waals surface area contributed by atoms with E-state index in [1.54, 1.807) is 0 Å². The van der Waals surface area contributed by atoms with Crippen LogP contribution < -0.4 is 5.32 Å². The minimum absolute atomic E-state index is 0. The second kappa shape index (κ2) is 5.67. The Labute approximate surface area is 73.7 Å². The fraction of sp³-hybridized carbons (Fsp3) is 0.250. The first-order chi connectivity index (χ1) is 3.18. The summed E-state index contributed by atoms with van der Waals surface area (Å²) < 4.78 is 0. The van der Waals surface area contributed by atoms with Crippen molar-refractivity contribution in [2.45, 2.75) is 6.04 Å². The maximum absolute atomic E-state index is 9.77. The van der Waals surface area contributed by atoms with E-state index >= 15 is 0 Å². The smallest absolute Gasteiger partial charge is 0.286 e. The third-order valence-corrected chi connectivity index (χ3v) is 0.544. The molecule has 8 heavy (non-hydrogen) atoms. The Morgan fingerprint density at radius 1 is 1.75 bits per heavy atom. The van der Waals surface area contributed by atoms with Gasteiger partial charge < -0.3 is 17.3 Å². The maximum Gasteiger partial charge on any atom is 0.286 e. The van der Waals surface area contributed by atoms with Crippen molar-refractivity contribution in [1.29, 1.82) is 0 Å². The fourth-order valence-electron chi connectivity index (χ4n) is 0.0873. The van der Waals surface area contributed by atoms with E-state index in [2.05, 4.69) is 19.3 Å². The normalized spacial score (nSPS) is 11.8. The predicted molar refractivity (Wildman–Crippen MR) is 25.3 cm³/mol. The van der Waals surface area contributed by atoms with Gasteiger partial charge in [0.25, 0.3) is 5.97 Å². The van der Waals surface area contributed by atoms with E-state index in [0.717, 1.165) is 0 Å². The third kappa shape index (κ3) is 4.69. The van der Waals surface area contributed by atoms with Gasteiger partial charge in [0.05, 0.1) is 0 Å². The summed E-state index contributed by atoms with van der Waals surface area (Å²) in [4.78, 5) is 9.77. The van der Waals surface area contributed by atoms with E-state index in [1.165, 1.54) is 0 Å². The molecule has 0 heterocycles. The number of carbonyl (C=O) groups is 1. The molecule has 1 atom stereocenters. The molecule has 4 heteroatoms. The second-order valence-electron chi connectivity index (χ2n) is 1.09. The summed E-state index contributed by atoms with van der Waals surface area (Å²) in [5.41, 5.74) is 0. The summed E-state index contributed by atoms with van der Waals surface area (Å²) in [5, 5.41) is 10.2.